The molecule has 4 rings (SSSR count). The first-order chi connectivity index (χ1) is 14.2. The third-order valence-corrected chi connectivity index (χ3v) is 5.42. The number of amides is 1. The number of nitrogens with one attached hydrogen (secondary N) is 1. The number of carbonyl (C=O) groups excluding carboxylic acids is 1. The molecule has 2 aromatic carbocycles. The van der Waals surface area contributed by atoms with E-state index in [0.717, 1.165) is 11.1 Å². The predicted molar refractivity (Wildman–Crippen MR) is 107 cm³/mol. The molecule has 2 N–H and O–H groups in total. The van der Waals surface area contributed by atoms with Crippen molar-refractivity contribution in [2.24, 2.45) is 0 Å². The number of fused-ring (bicyclic) bond motifs is 1. The monoisotopic (exact) mass is 417 g/mol. The number of aryl methyl sites for hydroxylation is 1. The predicted octanol–water partition coefficient (Wildman–Crippen LogP) is 5.33. The second-order valence-electron chi connectivity index (χ2n) is 7.81. The molecule has 1 atom stereocenters. The molecule has 3 aromatic rings. The molecule has 30 heavy (non-hydrogen) atoms. The number of hydrogen-bond acceptors (Lipinski definition) is 3. The molecular weight excluding hydrogens is 395 g/mol. The first-order valence-electron chi connectivity index (χ1n) is 9.87. The largest absolute Gasteiger partial charge is 0.461 e. The summed E-state index contributed by atoms with van der Waals surface area (Å²) >= 11 is 0. The molecule has 1 unspecified atom stereocenters. The van der Waals surface area contributed by atoms with E-state index in [1.54, 1.807) is 13.0 Å². The maximum Gasteiger partial charge on any atom is 0.391 e. The Hall–Kier alpha value is -2.80. The number of alkyl halides is 3. The Bertz CT molecular complexity index is 1070. The van der Waals surface area contributed by atoms with E-state index in [4.69, 9.17) is 4.42 Å². The molecule has 1 amide bonds. The minimum atomic E-state index is -4.49. The Morgan fingerprint density at radius 3 is 2.43 bits per heavy atom. The van der Waals surface area contributed by atoms with E-state index in [2.05, 4.69) is 17.4 Å². The van der Waals surface area contributed by atoms with E-state index in [0.29, 0.717) is 22.6 Å². The molecule has 7 heteroatoms. The van der Waals surface area contributed by atoms with Crippen molar-refractivity contribution in [1.82, 2.24) is 5.32 Å². The van der Waals surface area contributed by atoms with Crippen molar-refractivity contribution >= 4 is 16.9 Å². The topological polar surface area (TPSA) is 62.5 Å². The zero-order chi connectivity index (χ0) is 21.5. The van der Waals surface area contributed by atoms with Gasteiger partial charge in [-0.2, -0.15) is 13.2 Å². The summed E-state index contributed by atoms with van der Waals surface area (Å²) in [5.41, 5.74) is 3.85. The Labute approximate surface area is 171 Å². The van der Waals surface area contributed by atoms with Gasteiger partial charge in [0.05, 0.1) is 24.6 Å². The van der Waals surface area contributed by atoms with Crippen LogP contribution in [0.2, 0.25) is 0 Å². The number of rotatable bonds is 6. The molecule has 1 aliphatic rings. The Morgan fingerprint density at radius 1 is 1.17 bits per heavy atom. The van der Waals surface area contributed by atoms with Crippen LogP contribution in [0.1, 0.15) is 46.9 Å². The Balaban J connectivity index is 1.63. The molecule has 4 nitrogen and oxygen atoms in total. The summed E-state index contributed by atoms with van der Waals surface area (Å²) in [7, 11) is 0. The van der Waals surface area contributed by atoms with Crippen LogP contribution in [0, 0.1) is 6.92 Å². The van der Waals surface area contributed by atoms with Gasteiger partial charge in [-0.05, 0) is 54.5 Å². The summed E-state index contributed by atoms with van der Waals surface area (Å²) in [5, 5.41) is 12.0. The zero-order valence-corrected chi connectivity index (χ0v) is 16.4. The van der Waals surface area contributed by atoms with Gasteiger partial charge in [-0.15, -0.1) is 0 Å². The molecule has 1 heterocycles. The van der Waals surface area contributed by atoms with Crippen molar-refractivity contribution in [2.75, 3.05) is 6.61 Å². The van der Waals surface area contributed by atoms with Gasteiger partial charge in [0.25, 0.3) is 5.91 Å². The molecule has 1 fully saturated rings. The molecule has 0 saturated heterocycles. The molecule has 0 bridgehead atoms. The minimum absolute atomic E-state index is 0.182. The van der Waals surface area contributed by atoms with Crippen LogP contribution in [0.5, 0.6) is 0 Å². The molecule has 0 aliphatic heterocycles. The SMILES string of the molecule is Cc1oc2ccc(-c3ccc(C4CC4)cc3)cc2c1C(=O)NC(CO)CC(F)(F)F. The number of furan rings is 1. The van der Waals surface area contributed by atoms with E-state index in [1.807, 2.05) is 24.3 Å². The lowest BCUT2D eigenvalue weighted by Gasteiger charge is -2.17. The van der Waals surface area contributed by atoms with Crippen LogP contribution in [0.25, 0.3) is 22.1 Å². The first-order valence-corrected chi connectivity index (χ1v) is 9.87. The average molecular weight is 417 g/mol. The van der Waals surface area contributed by atoms with Crippen LogP contribution in [-0.4, -0.2) is 29.8 Å². The zero-order valence-electron chi connectivity index (χ0n) is 16.4. The fraction of sp³-hybridized carbons (Fsp3) is 0.348. The van der Waals surface area contributed by atoms with E-state index in [9.17, 15) is 23.1 Å². The van der Waals surface area contributed by atoms with E-state index < -0.39 is 31.2 Å². The number of benzene rings is 2. The van der Waals surface area contributed by atoms with Crippen molar-refractivity contribution in [1.29, 1.82) is 0 Å². The van der Waals surface area contributed by atoms with Crippen LogP contribution in [0.4, 0.5) is 13.2 Å². The highest BCUT2D eigenvalue weighted by Gasteiger charge is 2.33. The van der Waals surface area contributed by atoms with Crippen LogP contribution in [0.15, 0.2) is 46.9 Å². The summed E-state index contributed by atoms with van der Waals surface area (Å²) in [6, 6.07) is 12.3. The van der Waals surface area contributed by atoms with Gasteiger partial charge in [-0.1, -0.05) is 30.3 Å². The van der Waals surface area contributed by atoms with Gasteiger partial charge < -0.3 is 14.8 Å². The fourth-order valence-corrected chi connectivity index (χ4v) is 3.74. The minimum Gasteiger partial charge on any atom is -0.461 e. The molecule has 0 spiro atoms. The highest BCUT2D eigenvalue weighted by molar-refractivity contribution is 6.08. The standard InChI is InChI=1S/C23H22F3NO3/c1-13-21(22(29)27-18(12-28)11-23(24,25)26)19-10-17(8-9-20(19)30-13)16-6-4-15(5-7-16)14-2-3-14/h4-10,14,18,28H,2-3,11-12H2,1H3,(H,27,29). The number of aliphatic hydroxyl groups is 1. The average Bonchev–Trinajstić information content (AvgIpc) is 3.48. The quantitative estimate of drug-likeness (QED) is 0.570. The number of aliphatic hydroxyl groups excluding tert-OH is 1. The third kappa shape index (κ3) is 4.36. The van der Waals surface area contributed by atoms with Crippen molar-refractivity contribution in [2.45, 2.75) is 44.3 Å². The lowest BCUT2D eigenvalue weighted by molar-refractivity contribution is -0.141. The second-order valence-corrected chi connectivity index (χ2v) is 7.81. The van der Waals surface area contributed by atoms with E-state index >= 15 is 0 Å². The van der Waals surface area contributed by atoms with E-state index in [-0.39, 0.29) is 5.56 Å². The summed E-state index contributed by atoms with van der Waals surface area (Å²) in [4.78, 5) is 12.7. The van der Waals surface area contributed by atoms with Crippen molar-refractivity contribution in [3.63, 3.8) is 0 Å². The van der Waals surface area contributed by atoms with Crippen LogP contribution < -0.4 is 5.32 Å². The highest BCUT2D eigenvalue weighted by Crippen LogP contribution is 2.40. The Morgan fingerprint density at radius 2 is 1.83 bits per heavy atom. The van der Waals surface area contributed by atoms with Crippen LogP contribution in [0.3, 0.4) is 0 Å². The molecular formula is C23H22F3NO3. The summed E-state index contributed by atoms with van der Waals surface area (Å²) in [6.07, 6.45) is -3.35. The van der Waals surface area contributed by atoms with Crippen LogP contribution >= 0.6 is 0 Å². The van der Waals surface area contributed by atoms with Gasteiger partial charge in [0.2, 0.25) is 0 Å². The van der Waals surface area contributed by atoms with Gasteiger partial charge >= 0.3 is 6.18 Å². The maximum absolute atomic E-state index is 12.7. The van der Waals surface area contributed by atoms with Crippen molar-refractivity contribution in [3.8, 4) is 11.1 Å². The number of halogens is 3. The van der Waals surface area contributed by atoms with Crippen LogP contribution in [-0.2, 0) is 0 Å². The molecule has 158 valence electrons. The van der Waals surface area contributed by atoms with Crippen molar-refractivity contribution in [3.05, 3.63) is 59.4 Å². The normalized spacial score (nSPS) is 15.4. The molecule has 1 aliphatic carbocycles. The number of carbonyl (C=O) groups is 1. The Kier molecular flexibility index (Phi) is 5.32. The van der Waals surface area contributed by atoms with Gasteiger partial charge in [-0.25, -0.2) is 0 Å². The highest BCUT2D eigenvalue weighted by atomic mass is 19.4. The van der Waals surface area contributed by atoms with Gasteiger partial charge in [0.1, 0.15) is 11.3 Å². The maximum atomic E-state index is 12.7. The van der Waals surface area contributed by atoms with Gasteiger partial charge in [0.15, 0.2) is 0 Å². The summed E-state index contributed by atoms with van der Waals surface area (Å²) < 4.78 is 43.6. The van der Waals surface area contributed by atoms with Gasteiger partial charge in [-0.3, -0.25) is 4.79 Å². The lowest BCUT2D eigenvalue weighted by atomic mass is 9.99. The number of hydrogen-bond donors (Lipinski definition) is 2. The molecule has 0 radical (unpaired) electrons. The molecule has 1 aromatic heterocycles. The second kappa shape index (κ2) is 7.80. The van der Waals surface area contributed by atoms with E-state index in [1.165, 1.54) is 18.4 Å². The lowest BCUT2D eigenvalue weighted by Crippen LogP contribution is -2.40. The summed E-state index contributed by atoms with van der Waals surface area (Å²) in [6.45, 7) is 0.787. The first kappa shape index (κ1) is 20.5. The smallest absolute Gasteiger partial charge is 0.391 e. The van der Waals surface area contributed by atoms with Gasteiger partial charge in [0, 0.05) is 5.39 Å². The van der Waals surface area contributed by atoms with Crippen molar-refractivity contribution < 1.29 is 27.5 Å². The third-order valence-electron chi connectivity index (χ3n) is 5.42. The molecule has 1 saturated carbocycles. The fourth-order valence-electron chi connectivity index (χ4n) is 3.74. The summed E-state index contributed by atoms with van der Waals surface area (Å²) in [5.74, 6) is 0.271.